The van der Waals surface area contributed by atoms with E-state index in [2.05, 4.69) is 94.5 Å². The summed E-state index contributed by atoms with van der Waals surface area (Å²) in [6.45, 7) is 13.3. The summed E-state index contributed by atoms with van der Waals surface area (Å²) in [6, 6.07) is 8.30. The summed E-state index contributed by atoms with van der Waals surface area (Å²) >= 11 is 2.21. The maximum atomic E-state index is 13.8. The van der Waals surface area contributed by atoms with Crippen LogP contribution in [0.1, 0.15) is 42.3 Å². The van der Waals surface area contributed by atoms with Gasteiger partial charge in [-0.2, -0.15) is 5.10 Å². The Kier molecular flexibility index (Phi) is 7.23. The lowest BCUT2D eigenvalue weighted by Crippen LogP contribution is -2.41. The number of rotatable bonds is 5. The van der Waals surface area contributed by atoms with E-state index in [1.807, 2.05) is 23.9 Å². The highest BCUT2D eigenvalue weighted by Crippen LogP contribution is 2.33. The van der Waals surface area contributed by atoms with Gasteiger partial charge in [0.05, 0.1) is 47.4 Å². The average molecular weight is 628 g/mol. The Labute approximate surface area is 236 Å². The molecule has 0 aliphatic carbocycles. The van der Waals surface area contributed by atoms with Gasteiger partial charge in [0.25, 0.3) is 5.91 Å². The first-order valence-electron chi connectivity index (χ1n) is 12.8. The lowest BCUT2D eigenvalue weighted by atomic mass is 10.0. The van der Waals surface area contributed by atoms with Gasteiger partial charge in [0.1, 0.15) is 3.70 Å². The van der Waals surface area contributed by atoms with E-state index in [1.165, 1.54) is 0 Å². The number of hydrazine groups is 1. The summed E-state index contributed by atoms with van der Waals surface area (Å²) in [4.78, 5) is 21.2. The number of nitrogens with zero attached hydrogens (tertiary/aromatic N) is 6. The SMILES string of the molecule is CNN(C(=O)c1cnn(C(C)(C)C)c1I)c1cc(-c2cn3cccc3c(N3CCOCC3)n2)c(C)cc1C. The number of nitrogens with one attached hydrogen (secondary N) is 1. The molecule has 200 valence electrons. The maximum Gasteiger partial charge on any atom is 0.276 e. The van der Waals surface area contributed by atoms with Crippen LogP contribution in [0, 0.1) is 17.5 Å². The number of anilines is 2. The van der Waals surface area contributed by atoms with Crippen LogP contribution in [-0.2, 0) is 10.3 Å². The van der Waals surface area contributed by atoms with Crippen LogP contribution in [0.4, 0.5) is 11.5 Å². The van der Waals surface area contributed by atoms with Gasteiger partial charge >= 0.3 is 0 Å². The molecule has 38 heavy (non-hydrogen) atoms. The van der Waals surface area contributed by atoms with Crippen molar-refractivity contribution >= 4 is 45.5 Å². The number of carbonyl (C=O) groups excluding carboxylic acids is 1. The summed E-state index contributed by atoms with van der Waals surface area (Å²) in [6.07, 6.45) is 5.76. The normalized spacial score (nSPS) is 14.3. The number of halogens is 1. The molecule has 9 nitrogen and oxygen atoms in total. The van der Waals surface area contributed by atoms with Crippen LogP contribution in [0.2, 0.25) is 0 Å². The Bertz CT molecular complexity index is 1500. The van der Waals surface area contributed by atoms with Gasteiger partial charge in [-0.3, -0.25) is 9.48 Å². The number of morpholine rings is 1. The molecule has 0 bridgehead atoms. The van der Waals surface area contributed by atoms with E-state index in [0.29, 0.717) is 18.8 Å². The molecule has 0 spiro atoms. The molecule has 1 fully saturated rings. The molecule has 1 N–H and O–H groups in total. The smallest absolute Gasteiger partial charge is 0.276 e. The number of aromatic nitrogens is 4. The van der Waals surface area contributed by atoms with Crippen molar-refractivity contribution in [3.8, 4) is 11.3 Å². The lowest BCUT2D eigenvalue weighted by molar-refractivity contribution is 0.0975. The van der Waals surface area contributed by atoms with Crippen molar-refractivity contribution < 1.29 is 9.53 Å². The molecular formula is C28H34IN7O2. The first kappa shape index (κ1) is 26.6. The summed E-state index contributed by atoms with van der Waals surface area (Å²) in [5, 5.41) is 6.10. The van der Waals surface area contributed by atoms with E-state index in [-0.39, 0.29) is 11.4 Å². The predicted octanol–water partition coefficient (Wildman–Crippen LogP) is 4.79. The van der Waals surface area contributed by atoms with Gasteiger partial charge in [0.2, 0.25) is 0 Å². The number of fused-ring (bicyclic) bond motifs is 1. The molecule has 0 radical (unpaired) electrons. The van der Waals surface area contributed by atoms with Crippen molar-refractivity contribution in [3.05, 3.63) is 63.2 Å². The molecule has 0 unspecified atom stereocenters. The van der Waals surface area contributed by atoms with Crippen LogP contribution in [0.25, 0.3) is 16.8 Å². The maximum absolute atomic E-state index is 13.8. The topological polar surface area (TPSA) is 79.9 Å². The Morgan fingerprint density at radius 1 is 1.16 bits per heavy atom. The number of ether oxygens (including phenoxy) is 1. The van der Waals surface area contributed by atoms with Gasteiger partial charge in [-0.15, -0.1) is 0 Å². The van der Waals surface area contributed by atoms with Crippen LogP contribution in [0.15, 0.2) is 42.9 Å². The Morgan fingerprint density at radius 3 is 2.55 bits per heavy atom. The van der Waals surface area contributed by atoms with E-state index in [4.69, 9.17) is 9.72 Å². The number of benzene rings is 1. The largest absolute Gasteiger partial charge is 0.378 e. The third kappa shape index (κ3) is 4.80. The first-order valence-corrected chi connectivity index (χ1v) is 13.9. The summed E-state index contributed by atoms with van der Waals surface area (Å²) in [7, 11) is 1.76. The van der Waals surface area contributed by atoms with Gasteiger partial charge < -0.3 is 14.0 Å². The number of hydrogen-bond acceptors (Lipinski definition) is 6. The van der Waals surface area contributed by atoms with E-state index >= 15 is 0 Å². The number of hydrogen-bond donors (Lipinski definition) is 1. The van der Waals surface area contributed by atoms with Crippen LogP contribution in [-0.4, -0.2) is 58.4 Å². The van der Waals surface area contributed by atoms with Gasteiger partial charge in [-0.25, -0.2) is 15.4 Å². The molecule has 5 rings (SSSR count). The number of amides is 1. The van der Waals surface area contributed by atoms with Crippen LogP contribution >= 0.6 is 22.6 Å². The van der Waals surface area contributed by atoms with Crippen molar-refractivity contribution in [1.82, 2.24) is 24.6 Å². The quantitative estimate of drug-likeness (QED) is 0.253. The highest BCUT2D eigenvalue weighted by molar-refractivity contribution is 14.1. The molecule has 1 saturated heterocycles. The molecular weight excluding hydrogens is 593 g/mol. The Hall–Kier alpha value is -2.96. The van der Waals surface area contributed by atoms with E-state index in [9.17, 15) is 4.79 Å². The number of carbonyl (C=O) groups is 1. The second kappa shape index (κ2) is 10.3. The van der Waals surface area contributed by atoms with Crippen molar-refractivity contribution in [2.45, 2.75) is 40.2 Å². The highest BCUT2D eigenvalue weighted by atomic mass is 127. The lowest BCUT2D eigenvalue weighted by Gasteiger charge is -2.29. The Balaban J connectivity index is 1.59. The minimum atomic E-state index is -0.229. The van der Waals surface area contributed by atoms with Crippen molar-refractivity contribution in [2.24, 2.45) is 0 Å². The van der Waals surface area contributed by atoms with Gasteiger partial charge in [-0.05, 0) is 86.5 Å². The fourth-order valence-electron chi connectivity index (χ4n) is 4.92. The zero-order valence-corrected chi connectivity index (χ0v) is 24.9. The fourth-order valence-corrected chi connectivity index (χ4v) is 6.14. The first-order chi connectivity index (χ1) is 18.1. The molecule has 10 heteroatoms. The fraction of sp³-hybridized carbons (Fsp3) is 0.393. The van der Waals surface area contributed by atoms with E-state index in [0.717, 1.165) is 56.2 Å². The second-order valence-corrected chi connectivity index (χ2v) is 11.6. The average Bonchev–Trinajstić information content (AvgIpc) is 3.52. The predicted molar refractivity (Wildman–Crippen MR) is 159 cm³/mol. The Morgan fingerprint density at radius 2 is 1.89 bits per heavy atom. The standard InChI is InChI=1S/C28H34IN7O2/c1-18-14-19(2)24(35(30-6)27(37)21-16-31-36(25(21)29)28(3,4)5)15-20(18)22-17-34-9-7-8-23(34)26(32-22)33-10-12-38-13-11-33/h7-9,14-17,30H,10-13H2,1-6H3. The van der Waals surface area contributed by atoms with Crippen molar-refractivity contribution in [1.29, 1.82) is 0 Å². The zero-order chi connectivity index (χ0) is 27.2. The third-order valence-electron chi connectivity index (χ3n) is 6.87. The summed E-state index contributed by atoms with van der Waals surface area (Å²) in [5.74, 6) is 0.788. The summed E-state index contributed by atoms with van der Waals surface area (Å²) in [5.41, 5.74) is 9.20. The highest BCUT2D eigenvalue weighted by Gasteiger charge is 2.27. The van der Waals surface area contributed by atoms with Crippen LogP contribution < -0.4 is 15.3 Å². The third-order valence-corrected chi connectivity index (χ3v) is 7.91. The minimum absolute atomic E-state index is 0.159. The molecule has 3 aromatic heterocycles. The van der Waals surface area contributed by atoms with Gasteiger partial charge in [0.15, 0.2) is 5.82 Å². The van der Waals surface area contributed by atoms with Gasteiger partial charge in [-0.1, -0.05) is 6.07 Å². The van der Waals surface area contributed by atoms with Gasteiger partial charge in [0, 0.05) is 38.1 Å². The molecule has 4 heterocycles. The summed E-state index contributed by atoms with van der Waals surface area (Å²) < 4.78 is 10.4. The molecule has 0 atom stereocenters. The van der Waals surface area contributed by atoms with Crippen LogP contribution in [0.3, 0.4) is 0 Å². The molecule has 1 amide bonds. The minimum Gasteiger partial charge on any atom is -0.378 e. The molecule has 0 saturated carbocycles. The monoisotopic (exact) mass is 627 g/mol. The number of aryl methyl sites for hydroxylation is 2. The second-order valence-electron chi connectivity index (χ2n) is 10.6. The molecule has 1 aliphatic heterocycles. The molecule has 1 aliphatic rings. The zero-order valence-electron chi connectivity index (χ0n) is 22.7. The van der Waals surface area contributed by atoms with Crippen molar-refractivity contribution in [2.75, 3.05) is 43.3 Å². The van der Waals surface area contributed by atoms with Crippen LogP contribution in [0.5, 0.6) is 0 Å². The molecule has 1 aromatic carbocycles. The van der Waals surface area contributed by atoms with E-state index in [1.54, 1.807) is 18.3 Å². The molecule has 4 aromatic rings. The van der Waals surface area contributed by atoms with E-state index < -0.39 is 0 Å². The van der Waals surface area contributed by atoms with Crippen molar-refractivity contribution in [3.63, 3.8) is 0 Å².